The standard InChI is InChI=1S/C12H12BrN/c1-8-11(13)10-6-2-4-9-5-3-7-14(8)12(9)10/h2,4,6H,3,5,7H2,1H3. The van der Waals surface area contributed by atoms with Crippen LogP contribution in [0.5, 0.6) is 0 Å². The molecule has 0 bridgehead atoms. The quantitative estimate of drug-likeness (QED) is 0.672. The van der Waals surface area contributed by atoms with Gasteiger partial charge in [0.15, 0.2) is 0 Å². The van der Waals surface area contributed by atoms with E-state index >= 15 is 0 Å². The van der Waals surface area contributed by atoms with Crippen LogP contribution in [0.15, 0.2) is 22.7 Å². The van der Waals surface area contributed by atoms with Gasteiger partial charge in [0.1, 0.15) is 0 Å². The Balaban J connectivity index is 2.54. The van der Waals surface area contributed by atoms with Crippen LogP contribution in [-0.4, -0.2) is 4.57 Å². The van der Waals surface area contributed by atoms with E-state index in [4.69, 9.17) is 0 Å². The van der Waals surface area contributed by atoms with Gasteiger partial charge in [-0.15, -0.1) is 0 Å². The van der Waals surface area contributed by atoms with Gasteiger partial charge < -0.3 is 4.57 Å². The fraction of sp³-hybridized carbons (Fsp3) is 0.333. The van der Waals surface area contributed by atoms with E-state index in [9.17, 15) is 0 Å². The number of hydrogen-bond donors (Lipinski definition) is 0. The third kappa shape index (κ3) is 0.949. The first-order chi connectivity index (χ1) is 6.79. The fourth-order valence-electron chi connectivity index (χ4n) is 2.48. The number of para-hydroxylation sites is 1. The summed E-state index contributed by atoms with van der Waals surface area (Å²) in [6.07, 6.45) is 2.50. The molecule has 0 atom stereocenters. The van der Waals surface area contributed by atoms with Crippen LogP contribution in [0.4, 0.5) is 0 Å². The van der Waals surface area contributed by atoms with Crippen LogP contribution in [0.3, 0.4) is 0 Å². The zero-order chi connectivity index (χ0) is 9.71. The molecule has 3 rings (SSSR count). The zero-order valence-corrected chi connectivity index (χ0v) is 9.76. The van der Waals surface area contributed by atoms with Crippen molar-refractivity contribution in [2.24, 2.45) is 0 Å². The topological polar surface area (TPSA) is 4.93 Å². The Morgan fingerprint density at radius 1 is 1.36 bits per heavy atom. The van der Waals surface area contributed by atoms with Gasteiger partial charge in [0.25, 0.3) is 0 Å². The van der Waals surface area contributed by atoms with Crippen molar-refractivity contribution in [1.29, 1.82) is 0 Å². The molecule has 1 aliphatic rings. The minimum absolute atomic E-state index is 1.17. The van der Waals surface area contributed by atoms with Crippen molar-refractivity contribution in [2.75, 3.05) is 0 Å². The SMILES string of the molecule is Cc1c(Br)c2cccc3c2n1CCC3. The van der Waals surface area contributed by atoms with E-state index in [1.165, 1.54) is 46.0 Å². The Morgan fingerprint density at radius 2 is 2.21 bits per heavy atom. The normalized spacial score (nSPS) is 15.0. The van der Waals surface area contributed by atoms with Crippen molar-refractivity contribution in [2.45, 2.75) is 26.3 Å². The highest BCUT2D eigenvalue weighted by molar-refractivity contribution is 9.10. The van der Waals surface area contributed by atoms with Gasteiger partial charge in [-0.25, -0.2) is 0 Å². The van der Waals surface area contributed by atoms with Crippen LogP contribution in [0.25, 0.3) is 10.9 Å². The Labute approximate surface area is 91.9 Å². The van der Waals surface area contributed by atoms with E-state index in [1.807, 2.05) is 0 Å². The predicted molar refractivity (Wildman–Crippen MR) is 62.7 cm³/mol. The number of nitrogens with zero attached hydrogens (tertiary/aromatic N) is 1. The minimum atomic E-state index is 1.17. The van der Waals surface area contributed by atoms with Crippen LogP contribution >= 0.6 is 15.9 Å². The fourth-order valence-corrected chi connectivity index (χ4v) is 3.01. The molecule has 0 unspecified atom stereocenters. The summed E-state index contributed by atoms with van der Waals surface area (Å²) in [6, 6.07) is 6.62. The maximum Gasteiger partial charge on any atom is 0.0526 e. The summed E-state index contributed by atoms with van der Waals surface area (Å²) in [5.74, 6) is 0. The monoisotopic (exact) mass is 249 g/mol. The molecule has 0 N–H and O–H groups in total. The number of halogens is 1. The smallest absolute Gasteiger partial charge is 0.0526 e. The number of benzene rings is 1. The van der Waals surface area contributed by atoms with Crippen molar-refractivity contribution in [1.82, 2.24) is 4.57 Å². The molecule has 0 spiro atoms. The lowest BCUT2D eigenvalue weighted by atomic mass is 10.0. The van der Waals surface area contributed by atoms with Gasteiger partial charge in [-0.3, -0.25) is 0 Å². The van der Waals surface area contributed by atoms with Gasteiger partial charge in [0, 0.05) is 22.1 Å². The van der Waals surface area contributed by atoms with Crippen molar-refractivity contribution in [3.63, 3.8) is 0 Å². The molecule has 1 aromatic heterocycles. The highest BCUT2D eigenvalue weighted by Gasteiger charge is 2.17. The van der Waals surface area contributed by atoms with Crippen LogP contribution in [0.1, 0.15) is 17.7 Å². The molecule has 0 fully saturated rings. The summed E-state index contributed by atoms with van der Waals surface area (Å²) in [5, 5.41) is 1.37. The molecule has 2 heteroatoms. The molecule has 0 amide bonds. The van der Waals surface area contributed by atoms with Crippen LogP contribution in [-0.2, 0) is 13.0 Å². The Morgan fingerprint density at radius 3 is 3.07 bits per heavy atom. The highest BCUT2D eigenvalue weighted by Crippen LogP contribution is 2.35. The summed E-state index contributed by atoms with van der Waals surface area (Å²) in [4.78, 5) is 0. The molecule has 0 radical (unpaired) electrons. The number of rotatable bonds is 0. The summed E-state index contributed by atoms with van der Waals surface area (Å²) < 4.78 is 3.72. The van der Waals surface area contributed by atoms with Gasteiger partial charge in [-0.05, 0) is 41.3 Å². The Kier molecular flexibility index (Phi) is 1.75. The third-order valence-corrected chi connectivity index (χ3v) is 4.18. The molecule has 1 aliphatic heterocycles. The van der Waals surface area contributed by atoms with Crippen LogP contribution < -0.4 is 0 Å². The van der Waals surface area contributed by atoms with Crippen LogP contribution in [0.2, 0.25) is 0 Å². The number of hydrogen-bond acceptors (Lipinski definition) is 0. The summed E-state index contributed by atoms with van der Waals surface area (Å²) in [6.45, 7) is 3.37. The molecule has 0 saturated heterocycles. The Hall–Kier alpha value is -0.760. The molecule has 2 heterocycles. The largest absolute Gasteiger partial charge is 0.343 e. The third-order valence-electron chi connectivity index (χ3n) is 3.18. The molecule has 0 saturated carbocycles. The van der Waals surface area contributed by atoms with Gasteiger partial charge in [0.2, 0.25) is 0 Å². The molecule has 0 aliphatic carbocycles. The van der Waals surface area contributed by atoms with Crippen molar-refractivity contribution < 1.29 is 0 Å². The minimum Gasteiger partial charge on any atom is -0.343 e. The summed E-state index contributed by atoms with van der Waals surface area (Å²) in [5.41, 5.74) is 4.32. The summed E-state index contributed by atoms with van der Waals surface area (Å²) >= 11 is 3.68. The second-order valence-electron chi connectivity index (χ2n) is 3.97. The average molecular weight is 250 g/mol. The van der Waals surface area contributed by atoms with E-state index in [1.54, 1.807) is 0 Å². The molecule has 2 aromatic rings. The molecular formula is C12H12BrN. The summed E-state index contributed by atoms with van der Waals surface area (Å²) in [7, 11) is 0. The first-order valence-electron chi connectivity index (χ1n) is 5.05. The first-order valence-corrected chi connectivity index (χ1v) is 5.84. The number of aromatic nitrogens is 1. The average Bonchev–Trinajstić information content (AvgIpc) is 2.47. The maximum absolute atomic E-state index is 3.68. The second kappa shape index (κ2) is 2.86. The number of aryl methyl sites for hydroxylation is 2. The van der Waals surface area contributed by atoms with Gasteiger partial charge in [-0.2, -0.15) is 0 Å². The highest BCUT2D eigenvalue weighted by atomic mass is 79.9. The maximum atomic E-state index is 3.68. The lowest BCUT2D eigenvalue weighted by molar-refractivity contribution is 0.622. The van der Waals surface area contributed by atoms with Crippen molar-refractivity contribution >= 4 is 26.8 Å². The van der Waals surface area contributed by atoms with E-state index in [0.717, 1.165) is 0 Å². The lowest BCUT2D eigenvalue weighted by Crippen LogP contribution is -2.08. The van der Waals surface area contributed by atoms with Gasteiger partial charge in [0.05, 0.1) is 5.52 Å². The second-order valence-corrected chi connectivity index (χ2v) is 4.76. The van der Waals surface area contributed by atoms with Gasteiger partial charge in [-0.1, -0.05) is 18.2 Å². The molecule has 72 valence electrons. The van der Waals surface area contributed by atoms with E-state index in [-0.39, 0.29) is 0 Å². The van der Waals surface area contributed by atoms with Crippen molar-refractivity contribution in [3.05, 3.63) is 33.9 Å². The van der Waals surface area contributed by atoms with Gasteiger partial charge >= 0.3 is 0 Å². The predicted octanol–water partition coefficient (Wildman–Crippen LogP) is 3.66. The van der Waals surface area contributed by atoms with E-state index < -0.39 is 0 Å². The van der Waals surface area contributed by atoms with Crippen molar-refractivity contribution in [3.8, 4) is 0 Å². The molecule has 14 heavy (non-hydrogen) atoms. The van der Waals surface area contributed by atoms with E-state index in [2.05, 4.69) is 45.6 Å². The zero-order valence-electron chi connectivity index (χ0n) is 8.18. The van der Waals surface area contributed by atoms with E-state index in [0.29, 0.717) is 0 Å². The molecular weight excluding hydrogens is 238 g/mol. The van der Waals surface area contributed by atoms with Crippen LogP contribution in [0, 0.1) is 6.92 Å². The molecule has 1 nitrogen and oxygen atoms in total. The Bertz CT molecular complexity index is 511. The first kappa shape index (κ1) is 8.54. The lowest BCUT2D eigenvalue weighted by Gasteiger charge is -2.16. The molecule has 1 aromatic carbocycles.